The van der Waals surface area contributed by atoms with Gasteiger partial charge >= 0.3 is 0 Å². The summed E-state index contributed by atoms with van der Waals surface area (Å²) in [7, 11) is 0. The van der Waals surface area contributed by atoms with E-state index in [-0.39, 0.29) is 25.2 Å². The summed E-state index contributed by atoms with van der Waals surface area (Å²) in [6.45, 7) is 2.38. The summed E-state index contributed by atoms with van der Waals surface area (Å²) in [5.74, 6) is 1.43. The van der Waals surface area contributed by atoms with Crippen LogP contribution in [0.1, 0.15) is 18.1 Å². The first kappa shape index (κ1) is 22.2. The Labute approximate surface area is 192 Å². The number of carbonyl (C=O) groups excluding carboxylic acids is 2. The van der Waals surface area contributed by atoms with Gasteiger partial charge in [0.15, 0.2) is 18.1 Å². The number of hydrogen-bond donors (Lipinski definition) is 1. The van der Waals surface area contributed by atoms with E-state index in [1.807, 2.05) is 66.7 Å². The number of carbonyl (C=O) groups is 2. The van der Waals surface area contributed by atoms with Gasteiger partial charge in [-0.2, -0.15) is 0 Å². The number of benzene rings is 3. The lowest BCUT2D eigenvalue weighted by Gasteiger charge is -2.28. The minimum Gasteiger partial charge on any atom is -0.484 e. The largest absolute Gasteiger partial charge is 0.484 e. The van der Waals surface area contributed by atoms with Crippen LogP contribution in [0.25, 0.3) is 0 Å². The van der Waals surface area contributed by atoms with Crippen molar-refractivity contribution in [2.75, 3.05) is 13.4 Å². The lowest BCUT2D eigenvalue weighted by atomic mass is 10.1. The smallest absolute Gasteiger partial charge is 0.261 e. The van der Waals surface area contributed by atoms with Crippen LogP contribution in [-0.4, -0.2) is 36.2 Å². The SMILES string of the molecule is CC(C(=O)NCc1ccc2c(c1)OCO2)N(Cc1ccccc1)C(=O)COc1ccccc1. The normalized spacial score (nSPS) is 12.6. The van der Waals surface area contributed by atoms with E-state index in [9.17, 15) is 9.59 Å². The predicted molar refractivity (Wildman–Crippen MR) is 123 cm³/mol. The Kier molecular flexibility index (Phi) is 7.09. The summed E-state index contributed by atoms with van der Waals surface area (Å²) in [5, 5.41) is 2.91. The number of nitrogens with one attached hydrogen (secondary N) is 1. The Bertz CT molecular complexity index is 1090. The van der Waals surface area contributed by atoms with Crippen molar-refractivity contribution in [2.45, 2.75) is 26.1 Å². The lowest BCUT2D eigenvalue weighted by molar-refractivity contribution is -0.142. The van der Waals surface area contributed by atoms with E-state index in [0.29, 0.717) is 30.3 Å². The monoisotopic (exact) mass is 446 g/mol. The van der Waals surface area contributed by atoms with Gasteiger partial charge < -0.3 is 24.4 Å². The highest BCUT2D eigenvalue weighted by Gasteiger charge is 2.26. The molecule has 3 aromatic carbocycles. The van der Waals surface area contributed by atoms with E-state index in [0.717, 1.165) is 11.1 Å². The van der Waals surface area contributed by atoms with Crippen LogP contribution in [0, 0.1) is 0 Å². The van der Waals surface area contributed by atoms with Crippen LogP contribution >= 0.6 is 0 Å². The molecule has 1 heterocycles. The fraction of sp³-hybridized carbons (Fsp3) is 0.231. The van der Waals surface area contributed by atoms with Crippen molar-refractivity contribution in [2.24, 2.45) is 0 Å². The molecular weight excluding hydrogens is 420 g/mol. The molecule has 170 valence electrons. The second-order valence-corrected chi connectivity index (χ2v) is 7.69. The standard InChI is InChI=1S/C26H26N2O5/c1-19(26(30)27-15-21-12-13-23-24(14-21)33-18-32-23)28(16-20-8-4-2-5-9-20)25(29)17-31-22-10-6-3-7-11-22/h2-14,19H,15-18H2,1H3,(H,27,30). The van der Waals surface area contributed by atoms with Crippen molar-refractivity contribution < 1.29 is 23.8 Å². The van der Waals surface area contributed by atoms with Gasteiger partial charge in [0.1, 0.15) is 11.8 Å². The maximum absolute atomic E-state index is 13.1. The molecule has 7 nitrogen and oxygen atoms in total. The highest BCUT2D eigenvalue weighted by molar-refractivity contribution is 5.88. The Hall–Kier alpha value is -4.00. The third kappa shape index (κ3) is 5.83. The Morgan fingerprint density at radius 3 is 2.39 bits per heavy atom. The first-order valence-electron chi connectivity index (χ1n) is 10.8. The van der Waals surface area contributed by atoms with Crippen molar-refractivity contribution in [1.82, 2.24) is 10.2 Å². The molecular formula is C26H26N2O5. The molecule has 1 unspecified atom stereocenters. The molecule has 3 aromatic rings. The number of fused-ring (bicyclic) bond motifs is 1. The molecule has 1 aliphatic heterocycles. The highest BCUT2D eigenvalue weighted by atomic mass is 16.7. The van der Waals surface area contributed by atoms with Crippen molar-refractivity contribution in [3.8, 4) is 17.2 Å². The van der Waals surface area contributed by atoms with Crippen LogP contribution in [-0.2, 0) is 22.7 Å². The second kappa shape index (κ2) is 10.5. The number of rotatable bonds is 9. The summed E-state index contributed by atoms with van der Waals surface area (Å²) in [6, 6.07) is 23.6. The van der Waals surface area contributed by atoms with Gasteiger partial charge in [-0.3, -0.25) is 9.59 Å². The van der Waals surface area contributed by atoms with E-state index in [2.05, 4.69) is 5.32 Å². The molecule has 0 radical (unpaired) electrons. The van der Waals surface area contributed by atoms with Gasteiger partial charge in [0.2, 0.25) is 12.7 Å². The number of amides is 2. The molecule has 1 atom stereocenters. The first-order valence-corrected chi connectivity index (χ1v) is 10.8. The minimum atomic E-state index is -0.689. The van der Waals surface area contributed by atoms with Crippen molar-refractivity contribution in [3.63, 3.8) is 0 Å². The molecule has 0 aliphatic carbocycles. The maximum atomic E-state index is 13.1. The molecule has 0 bridgehead atoms. The molecule has 0 saturated carbocycles. The van der Waals surface area contributed by atoms with Gasteiger partial charge in [-0.1, -0.05) is 54.6 Å². The number of para-hydroxylation sites is 1. The van der Waals surface area contributed by atoms with E-state index in [4.69, 9.17) is 14.2 Å². The topological polar surface area (TPSA) is 77.1 Å². The average molecular weight is 447 g/mol. The van der Waals surface area contributed by atoms with Crippen molar-refractivity contribution in [1.29, 1.82) is 0 Å². The van der Waals surface area contributed by atoms with E-state index >= 15 is 0 Å². The molecule has 0 aromatic heterocycles. The Balaban J connectivity index is 1.41. The molecule has 0 fully saturated rings. The van der Waals surface area contributed by atoms with Crippen LogP contribution < -0.4 is 19.5 Å². The fourth-order valence-electron chi connectivity index (χ4n) is 3.50. The second-order valence-electron chi connectivity index (χ2n) is 7.69. The van der Waals surface area contributed by atoms with Crippen LogP contribution in [0.4, 0.5) is 0 Å². The molecule has 4 rings (SSSR count). The third-order valence-electron chi connectivity index (χ3n) is 5.37. The lowest BCUT2D eigenvalue weighted by Crippen LogP contribution is -2.48. The first-order chi connectivity index (χ1) is 16.1. The van der Waals surface area contributed by atoms with E-state index in [1.165, 1.54) is 4.90 Å². The minimum absolute atomic E-state index is 0.156. The number of hydrogen-bond acceptors (Lipinski definition) is 5. The van der Waals surface area contributed by atoms with Crippen LogP contribution in [0.2, 0.25) is 0 Å². The predicted octanol–water partition coefficient (Wildman–Crippen LogP) is 3.53. The zero-order valence-corrected chi connectivity index (χ0v) is 18.4. The van der Waals surface area contributed by atoms with Crippen molar-refractivity contribution in [3.05, 3.63) is 90.0 Å². The van der Waals surface area contributed by atoms with E-state index < -0.39 is 6.04 Å². The number of nitrogens with zero attached hydrogens (tertiary/aromatic N) is 1. The van der Waals surface area contributed by atoms with E-state index in [1.54, 1.807) is 19.1 Å². The summed E-state index contributed by atoms with van der Waals surface area (Å²) >= 11 is 0. The summed E-state index contributed by atoms with van der Waals surface area (Å²) in [4.78, 5) is 27.6. The van der Waals surface area contributed by atoms with Gasteiger partial charge in [0.25, 0.3) is 5.91 Å². The van der Waals surface area contributed by atoms with Crippen LogP contribution in [0.15, 0.2) is 78.9 Å². The average Bonchev–Trinajstić information content (AvgIpc) is 3.33. The molecule has 1 aliphatic rings. The van der Waals surface area contributed by atoms with Gasteiger partial charge in [-0.05, 0) is 42.3 Å². The molecule has 2 amide bonds. The number of ether oxygens (including phenoxy) is 3. The molecule has 0 saturated heterocycles. The Morgan fingerprint density at radius 2 is 1.64 bits per heavy atom. The summed E-state index contributed by atoms with van der Waals surface area (Å²) in [5.41, 5.74) is 1.81. The Morgan fingerprint density at radius 1 is 0.939 bits per heavy atom. The fourth-order valence-corrected chi connectivity index (χ4v) is 3.50. The zero-order chi connectivity index (χ0) is 23.0. The van der Waals surface area contributed by atoms with Crippen molar-refractivity contribution >= 4 is 11.8 Å². The maximum Gasteiger partial charge on any atom is 0.261 e. The quantitative estimate of drug-likeness (QED) is 0.544. The molecule has 0 spiro atoms. The zero-order valence-electron chi connectivity index (χ0n) is 18.4. The molecule has 7 heteroatoms. The molecule has 33 heavy (non-hydrogen) atoms. The highest BCUT2D eigenvalue weighted by Crippen LogP contribution is 2.32. The third-order valence-corrected chi connectivity index (χ3v) is 5.37. The van der Waals surface area contributed by atoms with Crippen LogP contribution in [0.5, 0.6) is 17.2 Å². The van der Waals surface area contributed by atoms with Gasteiger partial charge in [0.05, 0.1) is 0 Å². The summed E-state index contributed by atoms with van der Waals surface area (Å²) < 4.78 is 16.4. The van der Waals surface area contributed by atoms with Gasteiger partial charge in [0, 0.05) is 13.1 Å². The van der Waals surface area contributed by atoms with Gasteiger partial charge in [-0.15, -0.1) is 0 Å². The molecule has 1 N–H and O–H groups in total. The van der Waals surface area contributed by atoms with Crippen LogP contribution in [0.3, 0.4) is 0 Å². The summed E-state index contributed by atoms with van der Waals surface area (Å²) in [6.07, 6.45) is 0. The van der Waals surface area contributed by atoms with Gasteiger partial charge in [-0.25, -0.2) is 0 Å².